The van der Waals surface area contributed by atoms with Crippen molar-refractivity contribution in [3.63, 3.8) is 0 Å². The van der Waals surface area contributed by atoms with Crippen molar-refractivity contribution in [1.82, 2.24) is 9.88 Å². The number of rotatable bonds is 5. The van der Waals surface area contributed by atoms with E-state index in [1.807, 2.05) is 43.6 Å². The SMILES string of the molecule is CN(Cc1cnc(-c2ccccc2)s1)Cc1ccccc1F. The second-order valence-electron chi connectivity index (χ2n) is 5.26. The van der Waals surface area contributed by atoms with E-state index in [0.29, 0.717) is 6.54 Å². The van der Waals surface area contributed by atoms with Gasteiger partial charge in [0, 0.05) is 35.3 Å². The van der Waals surface area contributed by atoms with Gasteiger partial charge in [-0.05, 0) is 13.1 Å². The molecule has 2 nitrogen and oxygen atoms in total. The van der Waals surface area contributed by atoms with Gasteiger partial charge in [-0.1, -0.05) is 48.5 Å². The molecule has 0 radical (unpaired) electrons. The number of hydrogen-bond acceptors (Lipinski definition) is 3. The van der Waals surface area contributed by atoms with E-state index in [2.05, 4.69) is 22.0 Å². The van der Waals surface area contributed by atoms with Gasteiger partial charge < -0.3 is 0 Å². The van der Waals surface area contributed by atoms with E-state index < -0.39 is 0 Å². The van der Waals surface area contributed by atoms with Gasteiger partial charge in [0.05, 0.1) is 0 Å². The minimum absolute atomic E-state index is 0.149. The van der Waals surface area contributed by atoms with Gasteiger partial charge in [-0.15, -0.1) is 11.3 Å². The topological polar surface area (TPSA) is 16.1 Å². The Morgan fingerprint density at radius 1 is 1.00 bits per heavy atom. The van der Waals surface area contributed by atoms with E-state index in [1.165, 1.54) is 10.9 Å². The van der Waals surface area contributed by atoms with Crippen LogP contribution in [0.3, 0.4) is 0 Å². The molecule has 2 aromatic carbocycles. The highest BCUT2D eigenvalue weighted by atomic mass is 32.1. The fourth-order valence-corrected chi connectivity index (χ4v) is 3.33. The minimum Gasteiger partial charge on any atom is -0.297 e. The third-order valence-corrected chi connectivity index (χ3v) is 4.43. The zero-order valence-corrected chi connectivity index (χ0v) is 13.2. The number of benzene rings is 2. The average Bonchev–Trinajstić information content (AvgIpc) is 2.99. The van der Waals surface area contributed by atoms with E-state index in [0.717, 1.165) is 22.7 Å². The van der Waals surface area contributed by atoms with Crippen molar-refractivity contribution in [2.24, 2.45) is 0 Å². The molecule has 4 heteroatoms. The summed E-state index contributed by atoms with van der Waals surface area (Å²) in [5.74, 6) is -0.149. The van der Waals surface area contributed by atoms with Crippen molar-refractivity contribution in [3.05, 3.63) is 77.1 Å². The number of thiazole rings is 1. The smallest absolute Gasteiger partial charge is 0.127 e. The Hall–Kier alpha value is -2.04. The Balaban J connectivity index is 1.66. The molecule has 1 heterocycles. The van der Waals surface area contributed by atoms with E-state index in [9.17, 15) is 4.39 Å². The lowest BCUT2D eigenvalue weighted by Gasteiger charge is -2.15. The first-order valence-electron chi connectivity index (χ1n) is 7.14. The lowest BCUT2D eigenvalue weighted by Crippen LogP contribution is -2.17. The van der Waals surface area contributed by atoms with E-state index in [4.69, 9.17) is 0 Å². The van der Waals surface area contributed by atoms with Crippen molar-refractivity contribution in [2.75, 3.05) is 7.05 Å². The zero-order valence-electron chi connectivity index (χ0n) is 12.4. The van der Waals surface area contributed by atoms with Gasteiger partial charge in [0.15, 0.2) is 0 Å². The first kappa shape index (κ1) is 14.9. The molecule has 0 aliphatic rings. The second kappa shape index (κ2) is 6.81. The molecule has 0 bridgehead atoms. The number of hydrogen-bond donors (Lipinski definition) is 0. The summed E-state index contributed by atoms with van der Waals surface area (Å²) in [7, 11) is 1.99. The van der Waals surface area contributed by atoms with Crippen LogP contribution < -0.4 is 0 Å². The Morgan fingerprint density at radius 3 is 2.50 bits per heavy atom. The highest BCUT2D eigenvalue weighted by Gasteiger charge is 2.09. The Morgan fingerprint density at radius 2 is 1.73 bits per heavy atom. The van der Waals surface area contributed by atoms with Crippen LogP contribution in [0.15, 0.2) is 60.8 Å². The molecule has 112 valence electrons. The molecule has 0 amide bonds. The summed E-state index contributed by atoms with van der Waals surface area (Å²) in [6.45, 7) is 1.35. The fraction of sp³-hybridized carbons (Fsp3) is 0.167. The lowest BCUT2D eigenvalue weighted by molar-refractivity contribution is 0.316. The van der Waals surface area contributed by atoms with Crippen molar-refractivity contribution >= 4 is 11.3 Å². The molecule has 22 heavy (non-hydrogen) atoms. The van der Waals surface area contributed by atoms with Crippen molar-refractivity contribution in [2.45, 2.75) is 13.1 Å². The van der Waals surface area contributed by atoms with Crippen LogP contribution in [-0.4, -0.2) is 16.9 Å². The highest BCUT2D eigenvalue weighted by molar-refractivity contribution is 7.15. The standard InChI is InChI=1S/C18H17FN2S/c1-21(12-15-9-5-6-10-17(15)19)13-16-11-20-18(22-16)14-7-3-2-4-8-14/h2-11H,12-13H2,1H3. The van der Waals surface area contributed by atoms with Gasteiger partial charge in [0.2, 0.25) is 0 Å². The van der Waals surface area contributed by atoms with Gasteiger partial charge in [-0.2, -0.15) is 0 Å². The molecular weight excluding hydrogens is 295 g/mol. The van der Waals surface area contributed by atoms with Crippen LogP contribution in [0.2, 0.25) is 0 Å². The summed E-state index contributed by atoms with van der Waals surface area (Å²) >= 11 is 1.68. The minimum atomic E-state index is -0.149. The normalized spacial score (nSPS) is 11.0. The summed E-state index contributed by atoms with van der Waals surface area (Å²) < 4.78 is 13.7. The zero-order chi connectivity index (χ0) is 15.4. The van der Waals surface area contributed by atoms with Crippen LogP contribution in [0.25, 0.3) is 10.6 Å². The molecule has 0 fully saturated rings. The number of nitrogens with zero attached hydrogens (tertiary/aromatic N) is 2. The molecule has 0 atom stereocenters. The molecule has 0 aliphatic heterocycles. The fourth-order valence-electron chi connectivity index (χ4n) is 2.33. The lowest BCUT2D eigenvalue weighted by atomic mass is 10.2. The summed E-state index contributed by atoms with van der Waals surface area (Å²) in [6, 6.07) is 17.1. The second-order valence-corrected chi connectivity index (χ2v) is 6.38. The van der Waals surface area contributed by atoms with Crippen LogP contribution in [0, 0.1) is 5.82 Å². The van der Waals surface area contributed by atoms with Crippen LogP contribution >= 0.6 is 11.3 Å². The maximum Gasteiger partial charge on any atom is 0.127 e. The van der Waals surface area contributed by atoms with Crippen molar-refractivity contribution < 1.29 is 4.39 Å². The Bertz CT molecular complexity index is 740. The van der Waals surface area contributed by atoms with Gasteiger partial charge in [0.1, 0.15) is 10.8 Å². The average molecular weight is 312 g/mol. The highest BCUT2D eigenvalue weighted by Crippen LogP contribution is 2.25. The molecule has 0 aliphatic carbocycles. The molecule has 0 saturated carbocycles. The number of halogens is 1. The molecule has 3 aromatic rings. The maximum atomic E-state index is 13.7. The maximum absolute atomic E-state index is 13.7. The summed E-state index contributed by atoms with van der Waals surface area (Å²) in [5, 5.41) is 1.02. The third-order valence-electron chi connectivity index (χ3n) is 3.40. The molecule has 3 rings (SSSR count). The van der Waals surface area contributed by atoms with Crippen LogP contribution in [0.1, 0.15) is 10.4 Å². The first-order chi connectivity index (χ1) is 10.7. The first-order valence-corrected chi connectivity index (χ1v) is 7.96. The van der Waals surface area contributed by atoms with E-state index >= 15 is 0 Å². The monoisotopic (exact) mass is 312 g/mol. The largest absolute Gasteiger partial charge is 0.297 e. The Labute approximate surface area is 133 Å². The number of aromatic nitrogens is 1. The van der Waals surface area contributed by atoms with Crippen molar-refractivity contribution in [3.8, 4) is 10.6 Å². The van der Waals surface area contributed by atoms with Crippen LogP contribution in [0.5, 0.6) is 0 Å². The van der Waals surface area contributed by atoms with E-state index in [1.54, 1.807) is 17.4 Å². The predicted octanol–water partition coefficient (Wildman–Crippen LogP) is 4.58. The van der Waals surface area contributed by atoms with Crippen LogP contribution in [0.4, 0.5) is 4.39 Å². The molecule has 0 saturated heterocycles. The molecule has 0 spiro atoms. The van der Waals surface area contributed by atoms with Gasteiger partial charge in [-0.25, -0.2) is 9.37 Å². The van der Waals surface area contributed by atoms with Gasteiger partial charge >= 0.3 is 0 Å². The quantitative estimate of drug-likeness (QED) is 0.685. The Kier molecular flexibility index (Phi) is 4.61. The van der Waals surface area contributed by atoms with Gasteiger partial charge in [-0.3, -0.25) is 4.90 Å². The molecular formula is C18H17FN2S. The summed E-state index contributed by atoms with van der Waals surface area (Å²) in [6.07, 6.45) is 1.91. The predicted molar refractivity (Wildman–Crippen MR) is 89.1 cm³/mol. The van der Waals surface area contributed by atoms with Gasteiger partial charge in [0.25, 0.3) is 0 Å². The molecule has 0 unspecified atom stereocenters. The molecule has 0 N–H and O–H groups in total. The summed E-state index contributed by atoms with van der Waals surface area (Å²) in [5.41, 5.74) is 1.85. The summed E-state index contributed by atoms with van der Waals surface area (Å²) in [4.78, 5) is 7.76. The van der Waals surface area contributed by atoms with Crippen LogP contribution in [-0.2, 0) is 13.1 Å². The van der Waals surface area contributed by atoms with E-state index in [-0.39, 0.29) is 5.82 Å². The van der Waals surface area contributed by atoms with Crippen molar-refractivity contribution in [1.29, 1.82) is 0 Å². The third kappa shape index (κ3) is 3.59. The molecule has 1 aromatic heterocycles.